The van der Waals surface area contributed by atoms with Crippen LogP contribution >= 0.6 is 12.2 Å². The van der Waals surface area contributed by atoms with E-state index in [4.69, 9.17) is 18.0 Å². The molecule has 0 amide bonds. The number of benzene rings is 2. The average Bonchev–Trinajstić information content (AvgIpc) is 2.55. The highest BCUT2D eigenvalue weighted by atomic mass is 32.1. The van der Waals surface area contributed by atoms with E-state index in [1.807, 2.05) is 42.6 Å². The minimum Gasteiger partial charge on any atom is -0.385 e. The fraction of sp³-hybridized carbons (Fsp3) is 0.0588. The smallest absolute Gasteiger partial charge is 0.134 e. The molecule has 2 aromatic rings. The number of halogens is 1. The summed E-state index contributed by atoms with van der Waals surface area (Å²) in [6.07, 6.45) is 3.68. The fourth-order valence-electron chi connectivity index (χ4n) is 2.22. The molecule has 0 aliphatic carbocycles. The molecule has 0 radical (unpaired) electrons. The Morgan fingerprint density at radius 3 is 2.65 bits per heavy atom. The third kappa shape index (κ3) is 3.54. The zero-order chi connectivity index (χ0) is 16.2. The Kier molecular flexibility index (Phi) is 4.34. The van der Waals surface area contributed by atoms with Crippen molar-refractivity contribution >= 4 is 34.4 Å². The molecule has 1 heterocycles. The summed E-state index contributed by atoms with van der Waals surface area (Å²) in [6.45, 7) is 0. The molecule has 6 heteroatoms. The van der Waals surface area contributed by atoms with Gasteiger partial charge in [0.2, 0.25) is 0 Å². The summed E-state index contributed by atoms with van der Waals surface area (Å²) in [4.78, 5) is 0.473. The normalized spacial score (nSPS) is 16.8. The number of hydrogen-bond acceptors (Lipinski definition) is 4. The van der Waals surface area contributed by atoms with Crippen LogP contribution in [0.15, 0.2) is 72.0 Å². The quantitative estimate of drug-likeness (QED) is 0.848. The Bertz CT molecular complexity index is 773. The molecule has 0 spiro atoms. The first-order valence-corrected chi connectivity index (χ1v) is 7.47. The topological polar surface area (TPSA) is 53.6 Å². The van der Waals surface area contributed by atoms with Gasteiger partial charge in [0.15, 0.2) is 0 Å². The van der Waals surface area contributed by atoms with Crippen LogP contribution in [0.4, 0.5) is 15.8 Å². The van der Waals surface area contributed by atoms with Crippen LogP contribution in [-0.2, 0) is 0 Å². The molecule has 0 saturated heterocycles. The molecule has 0 aromatic heterocycles. The average molecular weight is 326 g/mol. The number of nitrogens with two attached hydrogens (primary N) is 1. The molecule has 0 bridgehead atoms. The van der Waals surface area contributed by atoms with Gasteiger partial charge in [-0.3, -0.25) is 0 Å². The lowest BCUT2D eigenvalue weighted by atomic mass is 10.1. The minimum atomic E-state index is -0.326. The SMILES string of the molecule is NC1=NN(c2ccccc2)C=CC1C(=S)Nc1cccc(F)c1. The van der Waals surface area contributed by atoms with Gasteiger partial charge in [-0.15, -0.1) is 0 Å². The summed E-state index contributed by atoms with van der Waals surface area (Å²) in [6, 6.07) is 15.8. The third-order valence-electron chi connectivity index (χ3n) is 3.36. The number of amidine groups is 1. The first-order valence-electron chi connectivity index (χ1n) is 7.06. The molecule has 1 atom stereocenters. The highest BCUT2D eigenvalue weighted by Gasteiger charge is 2.21. The van der Waals surface area contributed by atoms with Crippen LogP contribution in [0.5, 0.6) is 0 Å². The predicted octanol–water partition coefficient (Wildman–Crippen LogP) is 3.49. The largest absolute Gasteiger partial charge is 0.385 e. The fourth-order valence-corrected chi connectivity index (χ4v) is 2.54. The molecular weight excluding hydrogens is 311 g/mol. The second-order valence-electron chi connectivity index (χ2n) is 5.02. The highest BCUT2D eigenvalue weighted by Crippen LogP contribution is 2.20. The van der Waals surface area contributed by atoms with E-state index in [0.29, 0.717) is 16.5 Å². The summed E-state index contributed by atoms with van der Waals surface area (Å²) in [5, 5.41) is 9.04. The van der Waals surface area contributed by atoms with E-state index < -0.39 is 0 Å². The Balaban J connectivity index is 1.73. The number of hydrazone groups is 1. The molecule has 23 heavy (non-hydrogen) atoms. The van der Waals surface area contributed by atoms with Gasteiger partial charge in [0.05, 0.1) is 16.6 Å². The van der Waals surface area contributed by atoms with E-state index in [9.17, 15) is 4.39 Å². The van der Waals surface area contributed by atoms with Gasteiger partial charge in [0.1, 0.15) is 11.7 Å². The lowest BCUT2D eigenvalue weighted by molar-refractivity contribution is 0.628. The van der Waals surface area contributed by atoms with E-state index in [-0.39, 0.29) is 11.7 Å². The molecule has 1 unspecified atom stereocenters. The van der Waals surface area contributed by atoms with Gasteiger partial charge in [0, 0.05) is 11.9 Å². The van der Waals surface area contributed by atoms with E-state index in [0.717, 1.165) is 5.69 Å². The molecule has 4 nitrogen and oxygen atoms in total. The van der Waals surface area contributed by atoms with Crippen molar-refractivity contribution in [2.24, 2.45) is 16.8 Å². The van der Waals surface area contributed by atoms with Gasteiger partial charge in [-0.05, 0) is 36.4 Å². The zero-order valence-electron chi connectivity index (χ0n) is 12.2. The van der Waals surface area contributed by atoms with Gasteiger partial charge >= 0.3 is 0 Å². The van der Waals surface area contributed by atoms with Crippen molar-refractivity contribution in [1.29, 1.82) is 0 Å². The highest BCUT2D eigenvalue weighted by molar-refractivity contribution is 7.80. The Hall–Kier alpha value is -2.73. The number of nitrogens with zero attached hydrogens (tertiary/aromatic N) is 2. The lowest BCUT2D eigenvalue weighted by Crippen LogP contribution is -2.36. The van der Waals surface area contributed by atoms with Crippen LogP contribution in [-0.4, -0.2) is 10.8 Å². The summed E-state index contributed by atoms with van der Waals surface area (Å²) >= 11 is 5.37. The maximum Gasteiger partial charge on any atom is 0.134 e. The van der Waals surface area contributed by atoms with Gasteiger partial charge < -0.3 is 11.1 Å². The van der Waals surface area contributed by atoms with Gasteiger partial charge in [-0.1, -0.05) is 36.5 Å². The standard InChI is InChI=1S/C17H15FN4S/c18-12-5-4-6-13(11-12)20-17(23)15-9-10-22(21-16(15)19)14-7-2-1-3-8-14/h1-11,15H,(H2,19,21)(H,20,23). The van der Waals surface area contributed by atoms with E-state index in [1.165, 1.54) is 12.1 Å². The molecule has 1 aliphatic rings. The van der Waals surface area contributed by atoms with Crippen LogP contribution in [0.1, 0.15) is 0 Å². The van der Waals surface area contributed by atoms with Gasteiger partial charge in [0.25, 0.3) is 0 Å². The molecule has 1 aliphatic heterocycles. The Morgan fingerprint density at radius 2 is 1.96 bits per heavy atom. The summed E-state index contributed by atoms with van der Waals surface area (Å²) in [7, 11) is 0. The van der Waals surface area contributed by atoms with Crippen LogP contribution in [0, 0.1) is 11.7 Å². The number of nitrogens with one attached hydrogen (secondary N) is 1. The zero-order valence-corrected chi connectivity index (χ0v) is 13.0. The molecule has 0 fully saturated rings. The predicted molar refractivity (Wildman–Crippen MR) is 95.8 cm³/mol. The van der Waals surface area contributed by atoms with E-state index in [2.05, 4.69) is 10.4 Å². The number of hydrogen-bond donors (Lipinski definition) is 2. The minimum absolute atomic E-state index is 0.325. The lowest BCUT2D eigenvalue weighted by Gasteiger charge is -2.24. The van der Waals surface area contributed by atoms with Gasteiger partial charge in [-0.25, -0.2) is 9.40 Å². The first-order chi connectivity index (χ1) is 11.1. The van der Waals surface area contributed by atoms with Crippen molar-refractivity contribution in [1.82, 2.24) is 0 Å². The third-order valence-corrected chi connectivity index (χ3v) is 3.71. The van der Waals surface area contributed by atoms with Crippen LogP contribution in [0.25, 0.3) is 0 Å². The van der Waals surface area contributed by atoms with Gasteiger partial charge in [-0.2, -0.15) is 5.10 Å². The van der Waals surface area contributed by atoms with Crippen molar-refractivity contribution in [2.45, 2.75) is 0 Å². The monoisotopic (exact) mass is 326 g/mol. The summed E-state index contributed by atoms with van der Waals surface area (Å²) < 4.78 is 13.2. The second kappa shape index (κ2) is 6.58. The van der Waals surface area contributed by atoms with Crippen molar-refractivity contribution in [2.75, 3.05) is 10.3 Å². The number of anilines is 2. The summed E-state index contributed by atoms with van der Waals surface area (Å²) in [5.41, 5.74) is 7.54. The Labute approximate surface area is 139 Å². The van der Waals surface area contributed by atoms with Crippen LogP contribution < -0.4 is 16.1 Å². The molecular formula is C17H15FN4S. The first kappa shape index (κ1) is 15.2. The molecule has 2 aromatic carbocycles. The maximum atomic E-state index is 13.2. The Morgan fingerprint density at radius 1 is 1.17 bits per heavy atom. The van der Waals surface area contributed by atoms with Crippen molar-refractivity contribution in [3.63, 3.8) is 0 Å². The van der Waals surface area contributed by atoms with Crippen molar-refractivity contribution in [3.05, 3.63) is 72.7 Å². The van der Waals surface area contributed by atoms with E-state index in [1.54, 1.807) is 17.1 Å². The van der Waals surface area contributed by atoms with Crippen molar-refractivity contribution < 1.29 is 4.39 Å². The maximum absolute atomic E-state index is 13.2. The molecule has 3 rings (SSSR count). The summed E-state index contributed by atoms with van der Waals surface area (Å²) in [5.74, 6) is -0.271. The molecule has 116 valence electrons. The number of para-hydroxylation sites is 1. The molecule has 3 N–H and O–H groups in total. The van der Waals surface area contributed by atoms with Crippen molar-refractivity contribution in [3.8, 4) is 0 Å². The number of thiocarbonyl (C=S) groups is 1. The second-order valence-corrected chi connectivity index (χ2v) is 5.46. The van der Waals surface area contributed by atoms with E-state index >= 15 is 0 Å². The number of rotatable bonds is 3. The van der Waals surface area contributed by atoms with Crippen LogP contribution in [0.3, 0.4) is 0 Å². The molecule has 0 saturated carbocycles. The van der Waals surface area contributed by atoms with Crippen LogP contribution in [0.2, 0.25) is 0 Å².